The molecule has 0 unspecified atom stereocenters. The second-order valence-corrected chi connectivity index (χ2v) is 8.07. The van der Waals surface area contributed by atoms with Crippen LogP contribution in [0.5, 0.6) is 5.75 Å². The van der Waals surface area contributed by atoms with Crippen LogP contribution in [-0.2, 0) is 4.79 Å². The molecule has 3 aromatic rings. The summed E-state index contributed by atoms with van der Waals surface area (Å²) in [4.78, 5) is 25.4. The van der Waals surface area contributed by atoms with Crippen LogP contribution in [0.2, 0.25) is 0 Å². The van der Waals surface area contributed by atoms with Crippen molar-refractivity contribution in [1.29, 1.82) is 0 Å². The number of hydrazine groups is 1. The van der Waals surface area contributed by atoms with Gasteiger partial charge in [-0.15, -0.1) is 0 Å². The monoisotopic (exact) mass is 545 g/mol. The SMILES string of the molecule is COc1ccc(C(=O)NC(=S)NNC(=O)C(c2ccccc2)c2ccccc2)cc1I. The highest BCUT2D eigenvalue weighted by Gasteiger charge is 2.22. The summed E-state index contributed by atoms with van der Waals surface area (Å²) in [6.45, 7) is 0. The third-order valence-electron chi connectivity index (χ3n) is 4.47. The zero-order valence-corrected chi connectivity index (χ0v) is 19.6. The van der Waals surface area contributed by atoms with Gasteiger partial charge in [-0.2, -0.15) is 0 Å². The second-order valence-electron chi connectivity index (χ2n) is 6.50. The van der Waals surface area contributed by atoms with E-state index in [1.165, 1.54) is 0 Å². The lowest BCUT2D eigenvalue weighted by Crippen LogP contribution is -2.49. The molecule has 0 aromatic heterocycles. The number of amides is 2. The van der Waals surface area contributed by atoms with Crippen molar-refractivity contribution in [3.63, 3.8) is 0 Å². The van der Waals surface area contributed by atoms with Crippen molar-refractivity contribution < 1.29 is 14.3 Å². The summed E-state index contributed by atoms with van der Waals surface area (Å²) in [5, 5.41) is 2.55. The normalized spacial score (nSPS) is 10.3. The van der Waals surface area contributed by atoms with Crippen molar-refractivity contribution >= 4 is 51.7 Å². The second kappa shape index (κ2) is 10.9. The summed E-state index contributed by atoms with van der Waals surface area (Å²) in [6, 6.07) is 23.9. The van der Waals surface area contributed by atoms with E-state index in [-0.39, 0.29) is 11.0 Å². The molecule has 3 aromatic carbocycles. The van der Waals surface area contributed by atoms with Gasteiger partial charge in [-0.05, 0) is 64.1 Å². The number of hydrogen-bond acceptors (Lipinski definition) is 4. The van der Waals surface area contributed by atoms with Gasteiger partial charge >= 0.3 is 0 Å². The van der Waals surface area contributed by atoms with E-state index >= 15 is 0 Å². The maximum Gasteiger partial charge on any atom is 0.257 e. The predicted molar refractivity (Wildman–Crippen MR) is 132 cm³/mol. The Kier molecular flexibility index (Phi) is 7.96. The molecule has 0 bridgehead atoms. The number of halogens is 1. The van der Waals surface area contributed by atoms with Crippen molar-refractivity contribution in [3.05, 3.63) is 99.1 Å². The lowest BCUT2D eigenvalue weighted by molar-refractivity contribution is -0.122. The highest BCUT2D eigenvalue weighted by molar-refractivity contribution is 14.1. The van der Waals surface area contributed by atoms with Crippen molar-refractivity contribution in [2.75, 3.05) is 7.11 Å². The van der Waals surface area contributed by atoms with Gasteiger partial charge in [0.2, 0.25) is 5.91 Å². The standard InChI is InChI=1S/C23H20IN3O3S/c1-30-19-13-12-17(14-18(19)24)21(28)25-23(31)27-26-22(29)20(15-8-4-2-5-9-15)16-10-6-3-7-11-16/h2-14,20H,1H3,(H,26,29)(H2,25,27,28,31). The molecule has 6 nitrogen and oxygen atoms in total. The maximum atomic E-state index is 13.0. The van der Waals surface area contributed by atoms with Crippen LogP contribution in [0.3, 0.4) is 0 Å². The summed E-state index contributed by atoms with van der Waals surface area (Å²) < 4.78 is 6.00. The first kappa shape index (κ1) is 22.7. The van der Waals surface area contributed by atoms with Gasteiger partial charge in [0.1, 0.15) is 5.75 Å². The van der Waals surface area contributed by atoms with E-state index in [2.05, 4.69) is 38.8 Å². The molecule has 3 N–H and O–H groups in total. The van der Waals surface area contributed by atoms with Crippen LogP contribution in [0, 0.1) is 3.57 Å². The predicted octanol–water partition coefficient (Wildman–Crippen LogP) is 3.77. The van der Waals surface area contributed by atoms with Gasteiger partial charge in [0.05, 0.1) is 16.6 Å². The van der Waals surface area contributed by atoms with E-state index in [1.54, 1.807) is 25.3 Å². The Labute approximate surface area is 199 Å². The number of benzene rings is 3. The molecule has 31 heavy (non-hydrogen) atoms. The summed E-state index contributed by atoms with van der Waals surface area (Å²) in [6.07, 6.45) is 0. The fraction of sp³-hybridized carbons (Fsp3) is 0.0870. The first-order chi connectivity index (χ1) is 15.0. The van der Waals surface area contributed by atoms with Crippen molar-refractivity contribution in [3.8, 4) is 5.75 Å². The van der Waals surface area contributed by atoms with Gasteiger partial charge in [-0.25, -0.2) is 0 Å². The fourth-order valence-corrected chi connectivity index (χ4v) is 3.87. The van der Waals surface area contributed by atoms with E-state index in [9.17, 15) is 9.59 Å². The first-order valence-corrected chi connectivity index (χ1v) is 10.8. The Morgan fingerprint density at radius 3 is 2.00 bits per heavy atom. The average Bonchev–Trinajstić information content (AvgIpc) is 2.79. The Morgan fingerprint density at radius 2 is 1.48 bits per heavy atom. The maximum absolute atomic E-state index is 13.0. The van der Waals surface area contributed by atoms with Crippen LogP contribution in [0.15, 0.2) is 78.9 Å². The van der Waals surface area contributed by atoms with Crippen LogP contribution in [-0.4, -0.2) is 24.0 Å². The molecular formula is C23H20IN3O3S. The van der Waals surface area contributed by atoms with Gasteiger partial charge in [0, 0.05) is 5.56 Å². The van der Waals surface area contributed by atoms with Crippen molar-refractivity contribution in [1.82, 2.24) is 16.2 Å². The molecule has 158 valence electrons. The minimum Gasteiger partial charge on any atom is -0.496 e. The van der Waals surface area contributed by atoms with Crippen molar-refractivity contribution in [2.45, 2.75) is 5.92 Å². The van der Waals surface area contributed by atoms with E-state index in [0.717, 1.165) is 14.7 Å². The zero-order valence-electron chi connectivity index (χ0n) is 16.6. The Bertz CT molecular complexity index is 1040. The number of nitrogens with one attached hydrogen (secondary N) is 3. The van der Waals surface area contributed by atoms with Crippen molar-refractivity contribution in [2.24, 2.45) is 0 Å². The number of hydrogen-bond donors (Lipinski definition) is 3. The number of rotatable bonds is 5. The van der Waals surface area contributed by atoms with E-state index in [1.807, 2.05) is 60.7 Å². The zero-order chi connectivity index (χ0) is 22.2. The Balaban J connectivity index is 1.64. The number of ether oxygens (including phenoxy) is 1. The van der Waals surface area contributed by atoms with E-state index in [0.29, 0.717) is 11.3 Å². The molecule has 0 saturated carbocycles. The molecule has 0 saturated heterocycles. The third-order valence-corrected chi connectivity index (χ3v) is 5.52. The smallest absolute Gasteiger partial charge is 0.257 e. The number of carbonyl (C=O) groups is 2. The molecule has 3 rings (SSSR count). The summed E-state index contributed by atoms with van der Waals surface area (Å²) in [7, 11) is 1.57. The lowest BCUT2D eigenvalue weighted by Gasteiger charge is -2.19. The molecule has 0 fully saturated rings. The lowest BCUT2D eigenvalue weighted by atomic mass is 9.91. The molecule has 0 heterocycles. The molecule has 0 aliphatic rings. The molecule has 0 atom stereocenters. The van der Waals surface area contributed by atoms with Gasteiger partial charge in [0.25, 0.3) is 5.91 Å². The van der Waals surface area contributed by atoms with Crippen LogP contribution in [0.25, 0.3) is 0 Å². The molecule has 0 radical (unpaired) electrons. The highest BCUT2D eigenvalue weighted by Crippen LogP contribution is 2.24. The summed E-state index contributed by atoms with van der Waals surface area (Å²) >= 11 is 7.25. The molecular weight excluding hydrogens is 525 g/mol. The van der Waals surface area contributed by atoms with Crippen LogP contribution in [0.4, 0.5) is 0 Å². The van der Waals surface area contributed by atoms with E-state index < -0.39 is 11.8 Å². The molecule has 0 aliphatic carbocycles. The Hall–Kier alpha value is -2.98. The number of carbonyl (C=O) groups excluding carboxylic acids is 2. The quantitative estimate of drug-likeness (QED) is 0.259. The fourth-order valence-electron chi connectivity index (χ4n) is 2.99. The van der Waals surface area contributed by atoms with Crippen LogP contribution in [0.1, 0.15) is 27.4 Å². The van der Waals surface area contributed by atoms with Crippen LogP contribution >= 0.6 is 34.8 Å². The number of methoxy groups -OCH3 is 1. The summed E-state index contributed by atoms with van der Waals surface area (Å²) in [5.74, 6) is -0.544. The Morgan fingerprint density at radius 1 is 0.903 bits per heavy atom. The first-order valence-electron chi connectivity index (χ1n) is 9.34. The van der Waals surface area contributed by atoms with E-state index in [4.69, 9.17) is 17.0 Å². The third kappa shape index (κ3) is 6.02. The average molecular weight is 545 g/mol. The topological polar surface area (TPSA) is 79.5 Å². The minimum atomic E-state index is -0.531. The van der Waals surface area contributed by atoms with Gasteiger partial charge < -0.3 is 4.74 Å². The largest absolute Gasteiger partial charge is 0.496 e. The molecule has 2 amide bonds. The highest BCUT2D eigenvalue weighted by atomic mass is 127. The van der Waals surface area contributed by atoms with Gasteiger partial charge in [-0.1, -0.05) is 60.7 Å². The molecule has 0 aliphatic heterocycles. The summed E-state index contributed by atoms with van der Waals surface area (Å²) in [5.41, 5.74) is 7.32. The molecule has 0 spiro atoms. The van der Waals surface area contributed by atoms with Gasteiger partial charge in [0.15, 0.2) is 5.11 Å². The van der Waals surface area contributed by atoms with Crippen LogP contribution < -0.4 is 20.9 Å². The molecule has 8 heteroatoms. The number of thiocarbonyl (C=S) groups is 1. The minimum absolute atomic E-state index is 0.0101. The van der Waals surface area contributed by atoms with Gasteiger partial charge in [-0.3, -0.25) is 25.8 Å².